The van der Waals surface area contributed by atoms with E-state index < -0.39 is 5.97 Å². The number of aromatic nitrogens is 1. The average molecular weight is 164 g/mol. The Morgan fingerprint density at radius 2 is 2.33 bits per heavy atom. The van der Waals surface area contributed by atoms with Crippen LogP contribution in [0.1, 0.15) is 16.1 Å². The van der Waals surface area contributed by atoms with E-state index in [1.807, 2.05) is 0 Å². The molecular formula is C8H8N2O2. The number of carboxylic acids is 1. The molecule has 0 unspecified atom stereocenters. The van der Waals surface area contributed by atoms with E-state index >= 15 is 0 Å². The lowest BCUT2D eigenvalue weighted by Crippen LogP contribution is -2.03. The van der Waals surface area contributed by atoms with Crippen molar-refractivity contribution >= 4 is 17.9 Å². The van der Waals surface area contributed by atoms with Crippen molar-refractivity contribution in [1.29, 1.82) is 0 Å². The molecule has 1 rings (SSSR count). The Hall–Kier alpha value is -1.84. The maximum absolute atomic E-state index is 10.5. The van der Waals surface area contributed by atoms with Crippen molar-refractivity contribution in [3.05, 3.63) is 30.0 Å². The van der Waals surface area contributed by atoms with Crippen LogP contribution >= 0.6 is 0 Å². The summed E-state index contributed by atoms with van der Waals surface area (Å²) in [6.07, 6.45) is 1.52. The second-order valence-electron chi connectivity index (χ2n) is 2.22. The Balaban J connectivity index is 3.23. The topological polar surface area (TPSA) is 76.2 Å². The first-order valence-electron chi connectivity index (χ1n) is 3.27. The number of nitrogen functional groups attached to an aromatic ring is 1. The van der Waals surface area contributed by atoms with Crippen LogP contribution < -0.4 is 5.73 Å². The van der Waals surface area contributed by atoms with Gasteiger partial charge in [0, 0.05) is 0 Å². The molecule has 0 saturated carbocycles. The molecule has 0 amide bonds. The highest BCUT2D eigenvalue weighted by atomic mass is 16.4. The summed E-state index contributed by atoms with van der Waals surface area (Å²) in [4.78, 5) is 14.1. The van der Waals surface area contributed by atoms with Gasteiger partial charge in [-0.1, -0.05) is 12.7 Å². The third kappa shape index (κ3) is 1.60. The summed E-state index contributed by atoms with van der Waals surface area (Å²) in [6, 6.07) is 2.96. The number of pyridine rings is 1. The number of aromatic carboxylic acids is 1. The maximum atomic E-state index is 10.5. The third-order valence-electron chi connectivity index (χ3n) is 1.32. The van der Waals surface area contributed by atoms with Crippen LogP contribution in [-0.4, -0.2) is 16.1 Å². The van der Waals surface area contributed by atoms with Gasteiger partial charge in [0.05, 0.1) is 0 Å². The minimum atomic E-state index is -1.09. The number of rotatable bonds is 2. The van der Waals surface area contributed by atoms with Crippen LogP contribution in [0.15, 0.2) is 18.7 Å². The third-order valence-corrected chi connectivity index (χ3v) is 1.32. The Morgan fingerprint density at radius 1 is 1.67 bits per heavy atom. The fraction of sp³-hybridized carbons (Fsp3) is 0. The first-order chi connectivity index (χ1) is 5.63. The van der Waals surface area contributed by atoms with Gasteiger partial charge in [-0.2, -0.15) is 0 Å². The molecule has 0 atom stereocenters. The van der Waals surface area contributed by atoms with Gasteiger partial charge in [-0.3, -0.25) is 0 Å². The molecule has 1 heterocycles. The largest absolute Gasteiger partial charge is 0.477 e. The second-order valence-corrected chi connectivity index (χ2v) is 2.22. The lowest BCUT2D eigenvalue weighted by Gasteiger charge is -1.98. The van der Waals surface area contributed by atoms with Crippen molar-refractivity contribution < 1.29 is 9.90 Å². The van der Waals surface area contributed by atoms with Gasteiger partial charge >= 0.3 is 5.97 Å². The number of hydrogen-bond acceptors (Lipinski definition) is 3. The predicted molar refractivity (Wildman–Crippen MR) is 45.7 cm³/mol. The van der Waals surface area contributed by atoms with Crippen molar-refractivity contribution in [2.24, 2.45) is 0 Å². The van der Waals surface area contributed by atoms with E-state index in [0.29, 0.717) is 5.56 Å². The van der Waals surface area contributed by atoms with Crippen molar-refractivity contribution in [3.8, 4) is 0 Å². The van der Waals surface area contributed by atoms with Gasteiger partial charge in [0.25, 0.3) is 0 Å². The van der Waals surface area contributed by atoms with Gasteiger partial charge in [0.15, 0.2) is 5.69 Å². The first-order valence-corrected chi connectivity index (χ1v) is 3.27. The van der Waals surface area contributed by atoms with E-state index in [2.05, 4.69) is 11.6 Å². The molecule has 0 aliphatic carbocycles. The lowest BCUT2D eigenvalue weighted by molar-refractivity contribution is 0.0690. The summed E-state index contributed by atoms with van der Waals surface area (Å²) in [5, 5.41) is 8.58. The zero-order valence-electron chi connectivity index (χ0n) is 6.32. The van der Waals surface area contributed by atoms with Gasteiger partial charge in [-0.25, -0.2) is 9.78 Å². The highest BCUT2D eigenvalue weighted by molar-refractivity contribution is 5.86. The fourth-order valence-corrected chi connectivity index (χ4v) is 0.801. The van der Waals surface area contributed by atoms with Crippen molar-refractivity contribution in [1.82, 2.24) is 4.98 Å². The number of anilines is 1. The molecular weight excluding hydrogens is 156 g/mol. The van der Waals surface area contributed by atoms with Crippen LogP contribution in [0.4, 0.5) is 5.82 Å². The van der Waals surface area contributed by atoms with Crippen LogP contribution in [0.2, 0.25) is 0 Å². The van der Waals surface area contributed by atoms with Gasteiger partial charge < -0.3 is 10.8 Å². The predicted octanol–water partition coefficient (Wildman–Crippen LogP) is 1.01. The van der Waals surface area contributed by atoms with Crippen molar-refractivity contribution in [2.45, 2.75) is 0 Å². The Morgan fingerprint density at radius 3 is 2.83 bits per heavy atom. The van der Waals surface area contributed by atoms with Crippen LogP contribution in [0.25, 0.3) is 6.08 Å². The van der Waals surface area contributed by atoms with Crippen molar-refractivity contribution in [3.63, 3.8) is 0 Å². The van der Waals surface area contributed by atoms with Crippen LogP contribution in [0.3, 0.4) is 0 Å². The molecule has 0 aliphatic rings. The quantitative estimate of drug-likeness (QED) is 0.683. The molecule has 1 aromatic heterocycles. The molecule has 0 spiro atoms. The summed E-state index contributed by atoms with van der Waals surface area (Å²) in [5.41, 5.74) is 5.94. The molecule has 0 saturated heterocycles. The minimum Gasteiger partial charge on any atom is -0.477 e. The highest BCUT2D eigenvalue weighted by Crippen LogP contribution is 2.08. The molecule has 0 bridgehead atoms. The number of nitrogens with zero attached hydrogens (tertiary/aromatic N) is 1. The summed E-state index contributed by atoms with van der Waals surface area (Å²) in [5.74, 6) is -0.907. The van der Waals surface area contributed by atoms with Crippen LogP contribution in [-0.2, 0) is 0 Å². The number of carboxylic acid groups (broad SMARTS) is 1. The van der Waals surface area contributed by atoms with E-state index in [1.54, 1.807) is 6.07 Å². The summed E-state index contributed by atoms with van der Waals surface area (Å²) < 4.78 is 0. The Bertz CT molecular complexity index is 334. The fourth-order valence-electron chi connectivity index (χ4n) is 0.801. The average Bonchev–Trinajstić information content (AvgIpc) is 2.03. The standard InChI is InChI=1S/C8H8N2O2/c1-2-5-3-6(8(11)12)10-7(9)4-5/h2-4H,1H2,(H2,9,10)(H,11,12). The molecule has 0 fully saturated rings. The van der Waals surface area contributed by atoms with Gasteiger partial charge in [-0.05, 0) is 17.7 Å². The molecule has 4 heteroatoms. The molecule has 4 nitrogen and oxygen atoms in total. The molecule has 1 aromatic rings. The normalized spacial score (nSPS) is 9.33. The van der Waals surface area contributed by atoms with Crippen molar-refractivity contribution in [2.75, 3.05) is 5.73 Å². The van der Waals surface area contributed by atoms with E-state index in [9.17, 15) is 4.79 Å². The maximum Gasteiger partial charge on any atom is 0.354 e. The van der Waals surface area contributed by atoms with Gasteiger partial charge in [0.2, 0.25) is 0 Å². The second kappa shape index (κ2) is 3.04. The number of hydrogen-bond donors (Lipinski definition) is 2. The lowest BCUT2D eigenvalue weighted by atomic mass is 10.2. The highest BCUT2D eigenvalue weighted by Gasteiger charge is 2.05. The Labute approximate surface area is 69.4 Å². The van der Waals surface area contributed by atoms with Crippen LogP contribution in [0, 0.1) is 0 Å². The Kier molecular flexibility index (Phi) is 2.09. The molecule has 62 valence electrons. The summed E-state index contributed by atoms with van der Waals surface area (Å²) in [6.45, 7) is 3.50. The molecule has 0 aliphatic heterocycles. The molecule has 12 heavy (non-hydrogen) atoms. The smallest absolute Gasteiger partial charge is 0.354 e. The zero-order valence-corrected chi connectivity index (χ0v) is 6.32. The minimum absolute atomic E-state index is 0.0649. The number of carbonyl (C=O) groups is 1. The van der Waals surface area contributed by atoms with Gasteiger partial charge in [0.1, 0.15) is 5.82 Å². The van der Waals surface area contributed by atoms with Crippen LogP contribution in [0.5, 0.6) is 0 Å². The molecule has 3 N–H and O–H groups in total. The molecule has 0 radical (unpaired) electrons. The monoisotopic (exact) mass is 164 g/mol. The zero-order chi connectivity index (χ0) is 9.14. The summed E-state index contributed by atoms with van der Waals surface area (Å²) in [7, 11) is 0. The number of nitrogens with two attached hydrogens (primary N) is 1. The molecule has 0 aromatic carbocycles. The van der Waals surface area contributed by atoms with Gasteiger partial charge in [-0.15, -0.1) is 0 Å². The summed E-state index contributed by atoms with van der Waals surface area (Å²) >= 11 is 0. The SMILES string of the molecule is C=Cc1cc(N)nc(C(=O)O)c1. The van der Waals surface area contributed by atoms with E-state index in [4.69, 9.17) is 10.8 Å². The van der Waals surface area contributed by atoms with E-state index in [1.165, 1.54) is 12.1 Å². The van der Waals surface area contributed by atoms with E-state index in [-0.39, 0.29) is 11.5 Å². The first kappa shape index (κ1) is 8.26. The van der Waals surface area contributed by atoms with E-state index in [0.717, 1.165) is 0 Å².